The molecule has 5 nitrogen and oxygen atoms in total. The summed E-state index contributed by atoms with van der Waals surface area (Å²) in [6.07, 6.45) is -0.0632. The monoisotopic (exact) mass is 483 g/mol. The molecule has 0 amide bonds. The first kappa shape index (κ1) is 22.8. The molecule has 2 N–H and O–H groups in total. The number of hydrogen-bond acceptors (Lipinski definition) is 4. The van der Waals surface area contributed by atoms with Crippen molar-refractivity contribution in [2.24, 2.45) is 0 Å². The van der Waals surface area contributed by atoms with Crippen LogP contribution >= 0.6 is 11.6 Å². The van der Waals surface area contributed by atoms with Gasteiger partial charge in [-0.2, -0.15) is 13.2 Å². The third-order valence-electron chi connectivity index (χ3n) is 5.61. The maximum Gasteiger partial charge on any atom is 0.416 e. The molecule has 3 aromatic rings. The molecular weight excluding hydrogens is 463 g/mol. The summed E-state index contributed by atoms with van der Waals surface area (Å²) in [6, 6.07) is 10.9. The van der Waals surface area contributed by atoms with Crippen LogP contribution in [-0.4, -0.2) is 25.5 Å². The van der Waals surface area contributed by atoms with Crippen molar-refractivity contribution in [3.05, 3.63) is 65.3 Å². The van der Waals surface area contributed by atoms with Crippen LogP contribution in [0.15, 0.2) is 59.6 Å². The topological polar surface area (TPSA) is 71.1 Å². The summed E-state index contributed by atoms with van der Waals surface area (Å²) in [6.45, 7) is 0. The van der Waals surface area contributed by atoms with Crippen molar-refractivity contribution in [3.63, 3.8) is 0 Å². The summed E-state index contributed by atoms with van der Waals surface area (Å²) < 4.78 is 65.9. The van der Waals surface area contributed by atoms with Crippen molar-refractivity contribution in [2.45, 2.75) is 48.8 Å². The predicted molar refractivity (Wildman–Crippen MR) is 118 cm³/mol. The predicted octanol–water partition coefficient (Wildman–Crippen LogP) is 5.61. The lowest BCUT2D eigenvalue weighted by atomic mass is 9.91. The van der Waals surface area contributed by atoms with Gasteiger partial charge in [-0.25, -0.2) is 13.1 Å². The van der Waals surface area contributed by atoms with Crippen molar-refractivity contribution in [1.82, 2.24) is 9.71 Å². The lowest BCUT2D eigenvalue weighted by Crippen LogP contribution is -2.40. The van der Waals surface area contributed by atoms with Gasteiger partial charge in [-0.1, -0.05) is 11.6 Å². The van der Waals surface area contributed by atoms with E-state index in [-0.39, 0.29) is 17.0 Å². The summed E-state index contributed by atoms with van der Waals surface area (Å²) in [5.74, 6) is 0. The van der Waals surface area contributed by atoms with Crippen LogP contribution in [-0.2, 0) is 16.2 Å². The molecule has 0 radical (unpaired) electrons. The van der Waals surface area contributed by atoms with Crippen LogP contribution in [0.3, 0.4) is 0 Å². The van der Waals surface area contributed by atoms with Gasteiger partial charge >= 0.3 is 6.18 Å². The highest BCUT2D eigenvalue weighted by atomic mass is 35.5. The quantitative estimate of drug-likeness (QED) is 0.495. The fourth-order valence-electron chi connectivity index (χ4n) is 3.93. The Morgan fingerprint density at radius 3 is 2.25 bits per heavy atom. The highest BCUT2D eigenvalue weighted by Gasteiger charge is 2.31. The van der Waals surface area contributed by atoms with E-state index in [2.05, 4.69) is 15.0 Å². The molecule has 1 heterocycles. The molecule has 0 spiro atoms. The van der Waals surface area contributed by atoms with Crippen LogP contribution < -0.4 is 10.0 Å². The molecule has 1 saturated carbocycles. The second-order valence-corrected chi connectivity index (χ2v) is 10.0. The Morgan fingerprint density at radius 2 is 1.59 bits per heavy atom. The average molecular weight is 484 g/mol. The molecule has 0 atom stereocenters. The Bertz CT molecular complexity index is 1210. The molecule has 1 fully saturated rings. The van der Waals surface area contributed by atoms with E-state index in [4.69, 9.17) is 11.6 Å². The zero-order valence-corrected chi connectivity index (χ0v) is 18.4. The van der Waals surface area contributed by atoms with Crippen LogP contribution in [0.2, 0.25) is 5.02 Å². The molecule has 1 aliphatic carbocycles. The van der Waals surface area contributed by atoms with Gasteiger partial charge in [-0.15, -0.1) is 0 Å². The second-order valence-electron chi connectivity index (χ2n) is 7.86. The van der Waals surface area contributed by atoms with Crippen molar-refractivity contribution in [2.75, 3.05) is 5.32 Å². The Kier molecular flexibility index (Phi) is 6.33. The third kappa shape index (κ3) is 5.16. The smallest absolute Gasteiger partial charge is 0.382 e. The van der Waals surface area contributed by atoms with Gasteiger partial charge in [0.2, 0.25) is 10.0 Å². The number of anilines is 1. The number of nitrogens with zero attached hydrogens (tertiary/aromatic N) is 1. The van der Waals surface area contributed by atoms with Gasteiger partial charge in [-0.3, -0.25) is 4.98 Å². The van der Waals surface area contributed by atoms with Gasteiger partial charge in [0, 0.05) is 34.4 Å². The summed E-state index contributed by atoms with van der Waals surface area (Å²) in [5.41, 5.74) is 0.856. The van der Waals surface area contributed by atoms with Crippen LogP contribution in [0.1, 0.15) is 31.2 Å². The first-order chi connectivity index (χ1) is 15.1. The fourth-order valence-corrected chi connectivity index (χ4v) is 5.40. The number of pyridine rings is 1. The van der Waals surface area contributed by atoms with Crippen LogP contribution in [0.5, 0.6) is 0 Å². The van der Waals surface area contributed by atoms with Gasteiger partial charge in [0.1, 0.15) is 0 Å². The Morgan fingerprint density at radius 1 is 0.938 bits per heavy atom. The van der Waals surface area contributed by atoms with E-state index < -0.39 is 21.8 Å². The number of benzene rings is 2. The van der Waals surface area contributed by atoms with E-state index in [1.807, 2.05) is 18.2 Å². The maximum absolute atomic E-state index is 12.7. The molecule has 170 valence electrons. The zero-order valence-electron chi connectivity index (χ0n) is 16.9. The Balaban J connectivity index is 1.37. The molecule has 0 saturated heterocycles. The highest BCUT2D eigenvalue weighted by molar-refractivity contribution is 7.89. The molecule has 0 unspecified atom stereocenters. The first-order valence-electron chi connectivity index (χ1n) is 10.1. The number of halogens is 4. The SMILES string of the molecule is O=S(=O)(NC1CCC(Nc2ccnc3cc(Cl)ccc23)CC1)c1ccc(C(F)(F)F)cc1. The minimum atomic E-state index is -4.51. The van der Waals surface area contributed by atoms with Gasteiger partial charge in [0.15, 0.2) is 0 Å². The number of fused-ring (bicyclic) bond motifs is 1. The first-order valence-corrected chi connectivity index (χ1v) is 12.0. The Hall–Kier alpha value is -2.36. The van der Waals surface area contributed by atoms with E-state index in [0.717, 1.165) is 53.7 Å². The molecule has 4 rings (SSSR count). The maximum atomic E-state index is 12.7. The number of nitrogens with one attached hydrogen (secondary N) is 2. The second kappa shape index (κ2) is 8.88. The molecule has 0 bridgehead atoms. The molecule has 2 aromatic carbocycles. The molecule has 1 aliphatic rings. The fraction of sp³-hybridized carbons (Fsp3) is 0.318. The zero-order chi connectivity index (χ0) is 22.9. The van der Waals surface area contributed by atoms with Gasteiger partial charge in [0.25, 0.3) is 0 Å². The molecule has 10 heteroatoms. The Labute approximate surface area is 189 Å². The van der Waals surface area contributed by atoms with Gasteiger partial charge in [-0.05, 0) is 74.2 Å². The van der Waals surface area contributed by atoms with E-state index >= 15 is 0 Å². The normalized spacial score (nSPS) is 19.8. The van der Waals surface area contributed by atoms with E-state index in [0.29, 0.717) is 17.9 Å². The van der Waals surface area contributed by atoms with Crippen LogP contribution in [0, 0.1) is 0 Å². The molecular formula is C22H21ClF3N3O2S. The third-order valence-corrected chi connectivity index (χ3v) is 7.38. The van der Waals surface area contributed by atoms with Gasteiger partial charge in [0.05, 0.1) is 16.0 Å². The number of hydrogen-bond donors (Lipinski definition) is 2. The highest BCUT2D eigenvalue weighted by Crippen LogP contribution is 2.31. The molecule has 0 aliphatic heterocycles. The van der Waals surface area contributed by atoms with Crippen LogP contribution in [0.4, 0.5) is 18.9 Å². The van der Waals surface area contributed by atoms with E-state index in [1.165, 1.54) is 0 Å². The lowest BCUT2D eigenvalue weighted by molar-refractivity contribution is -0.137. The number of alkyl halides is 3. The molecule has 32 heavy (non-hydrogen) atoms. The lowest BCUT2D eigenvalue weighted by Gasteiger charge is -2.30. The van der Waals surface area contributed by atoms with E-state index in [1.54, 1.807) is 12.3 Å². The molecule has 1 aromatic heterocycles. The standard InChI is InChI=1S/C22H21ClF3N3O2S/c23-15-3-10-19-20(11-12-27-21(19)13-15)28-16-4-6-17(7-5-16)29-32(30,31)18-8-1-14(2-9-18)22(24,25)26/h1-3,8-13,16-17,29H,4-7H2,(H,27,28). The van der Waals surface area contributed by atoms with Crippen molar-refractivity contribution < 1.29 is 21.6 Å². The largest absolute Gasteiger partial charge is 0.416 e. The van der Waals surface area contributed by atoms with E-state index in [9.17, 15) is 21.6 Å². The minimum Gasteiger partial charge on any atom is -0.382 e. The van der Waals surface area contributed by atoms with Crippen molar-refractivity contribution in [3.8, 4) is 0 Å². The summed E-state index contributed by atoms with van der Waals surface area (Å²) in [5, 5.41) is 5.09. The number of aromatic nitrogens is 1. The van der Waals surface area contributed by atoms with Crippen molar-refractivity contribution in [1.29, 1.82) is 0 Å². The number of sulfonamides is 1. The van der Waals surface area contributed by atoms with Gasteiger partial charge < -0.3 is 5.32 Å². The number of rotatable bonds is 5. The minimum absolute atomic E-state index is 0.170. The van der Waals surface area contributed by atoms with Crippen molar-refractivity contribution >= 4 is 38.2 Å². The van der Waals surface area contributed by atoms with Crippen LogP contribution in [0.25, 0.3) is 10.9 Å². The summed E-state index contributed by atoms with van der Waals surface area (Å²) in [4.78, 5) is 4.16. The summed E-state index contributed by atoms with van der Waals surface area (Å²) >= 11 is 6.04. The average Bonchev–Trinajstić information content (AvgIpc) is 2.74. The summed E-state index contributed by atoms with van der Waals surface area (Å²) in [7, 11) is -3.89.